The highest BCUT2D eigenvalue weighted by Crippen LogP contribution is 2.27. The maximum Gasteiger partial charge on any atom is 0.435 e. The third-order valence-electron chi connectivity index (χ3n) is 3.65. The van der Waals surface area contributed by atoms with Gasteiger partial charge in [-0.3, -0.25) is 4.79 Å². The van der Waals surface area contributed by atoms with Gasteiger partial charge in [-0.15, -0.1) is 0 Å². The lowest BCUT2D eigenvalue weighted by atomic mass is 10.1. The summed E-state index contributed by atoms with van der Waals surface area (Å²) in [5.74, 6) is -0.247. The highest BCUT2D eigenvalue weighted by Gasteiger charge is 2.33. The number of rotatable bonds is 3. The van der Waals surface area contributed by atoms with Crippen LogP contribution in [0.25, 0.3) is 5.69 Å². The van der Waals surface area contributed by atoms with Crippen molar-refractivity contribution in [2.45, 2.75) is 18.6 Å². The molecule has 2 heterocycles. The maximum absolute atomic E-state index is 12.6. The first-order chi connectivity index (χ1) is 10.9. The van der Waals surface area contributed by atoms with Crippen molar-refractivity contribution in [1.82, 2.24) is 20.4 Å². The standard InChI is InChI=1S/C15H15F3N4O/c16-15(17,18)13-5-7-22(21-13)12-3-1-2-10(8-12)14(23)20-11-4-6-19-9-11/h1-3,5,7-8,11,19H,4,6,9H2,(H,20,23). The van der Waals surface area contributed by atoms with Crippen LogP contribution in [-0.2, 0) is 6.18 Å². The Balaban J connectivity index is 1.79. The summed E-state index contributed by atoms with van der Waals surface area (Å²) in [6, 6.07) is 7.33. The van der Waals surface area contributed by atoms with Gasteiger partial charge < -0.3 is 10.6 Å². The average molecular weight is 324 g/mol. The molecule has 8 heteroatoms. The van der Waals surface area contributed by atoms with E-state index in [1.54, 1.807) is 18.2 Å². The second-order valence-corrected chi connectivity index (χ2v) is 5.36. The summed E-state index contributed by atoms with van der Waals surface area (Å²) in [5.41, 5.74) is -0.180. The van der Waals surface area contributed by atoms with Crippen LogP contribution in [0.1, 0.15) is 22.5 Å². The first kappa shape index (κ1) is 15.5. The lowest BCUT2D eigenvalue weighted by molar-refractivity contribution is -0.141. The van der Waals surface area contributed by atoms with E-state index < -0.39 is 11.9 Å². The molecule has 5 nitrogen and oxygen atoms in total. The van der Waals surface area contributed by atoms with Gasteiger partial charge in [0, 0.05) is 24.3 Å². The lowest BCUT2D eigenvalue weighted by Gasteiger charge is -2.12. The van der Waals surface area contributed by atoms with Crippen LogP contribution >= 0.6 is 0 Å². The quantitative estimate of drug-likeness (QED) is 0.908. The average Bonchev–Trinajstić information content (AvgIpc) is 3.18. The molecule has 1 saturated heterocycles. The normalized spacial score (nSPS) is 18.1. The number of nitrogens with one attached hydrogen (secondary N) is 2. The number of benzene rings is 1. The molecule has 0 spiro atoms. The fourth-order valence-electron chi connectivity index (χ4n) is 2.46. The summed E-state index contributed by atoms with van der Waals surface area (Å²) in [6.07, 6.45) is -2.41. The number of nitrogens with zero attached hydrogens (tertiary/aromatic N) is 2. The molecule has 23 heavy (non-hydrogen) atoms. The minimum atomic E-state index is -4.49. The molecule has 122 valence electrons. The van der Waals surface area contributed by atoms with Gasteiger partial charge in [-0.25, -0.2) is 4.68 Å². The summed E-state index contributed by atoms with van der Waals surface area (Å²) in [7, 11) is 0. The third kappa shape index (κ3) is 3.53. The molecule has 1 fully saturated rings. The van der Waals surface area contributed by atoms with Crippen LogP contribution in [0, 0.1) is 0 Å². The monoisotopic (exact) mass is 324 g/mol. The molecule has 1 aliphatic heterocycles. The van der Waals surface area contributed by atoms with Crippen LogP contribution in [0.2, 0.25) is 0 Å². The fraction of sp³-hybridized carbons (Fsp3) is 0.333. The Hall–Kier alpha value is -2.35. The Labute approximate surface area is 130 Å². The zero-order chi connectivity index (χ0) is 16.4. The predicted molar refractivity (Wildman–Crippen MR) is 77.3 cm³/mol. The van der Waals surface area contributed by atoms with E-state index in [0.29, 0.717) is 11.3 Å². The van der Waals surface area contributed by atoms with Gasteiger partial charge in [0.15, 0.2) is 5.69 Å². The largest absolute Gasteiger partial charge is 0.435 e. The highest BCUT2D eigenvalue weighted by molar-refractivity contribution is 5.94. The van der Waals surface area contributed by atoms with Crippen molar-refractivity contribution in [2.24, 2.45) is 0 Å². The Morgan fingerprint density at radius 1 is 1.35 bits per heavy atom. The van der Waals surface area contributed by atoms with Crippen LogP contribution in [0.5, 0.6) is 0 Å². The number of halogens is 3. The first-order valence-corrected chi connectivity index (χ1v) is 7.18. The topological polar surface area (TPSA) is 59.0 Å². The summed E-state index contributed by atoms with van der Waals surface area (Å²) in [5, 5.41) is 9.55. The van der Waals surface area contributed by atoms with E-state index >= 15 is 0 Å². The van der Waals surface area contributed by atoms with Gasteiger partial charge >= 0.3 is 6.18 Å². The number of carbonyl (C=O) groups is 1. The SMILES string of the molecule is O=C(NC1CCNC1)c1cccc(-n2ccc(C(F)(F)F)n2)c1. The molecule has 3 rings (SSSR count). The molecule has 1 amide bonds. The van der Waals surface area contributed by atoms with E-state index in [2.05, 4.69) is 15.7 Å². The van der Waals surface area contributed by atoms with Gasteiger partial charge in [0.25, 0.3) is 5.91 Å². The summed E-state index contributed by atoms with van der Waals surface area (Å²) in [6.45, 7) is 1.58. The number of amides is 1. The molecule has 2 N–H and O–H groups in total. The van der Waals surface area contributed by atoms with E-state index in [0.717, 1.165) is 30.3 Å². The molecule has 1 aromatic carbocycles. The Bertz CT molecular complexity index is 705. The van der Waals surface area contributed by atoms with Gasteiger partial charge in [0.2, 0.25) is 0 Å². The van der Waals surface area contributed by atoms with Crippen molar-refractivity contribution >= 4 is 5.91 Å². The maximum atomic E-state index is 12.6. The molecule has 0 radical (unpaired) electrons. The van der Waals surface area contributed by atoms with Crippen molar-refractivity contribution in [1.29, 1.82) is 0 Å². The summed E-state index contributed by atoms with van der Waals surface area (Å²) >= 11 is 0. The second-order valence-electron chi connectivity index (χ2n) is 5.36. The van der Waals surface area contributed by atoms with E-state index in [9.17, 15) is 18.0 Å². The second kappa shape index (κ2) is 6.04. The van der Waals surface area contributed by atoms with Gasteiger partial charge in [-0.05, 0) is 37.2 Å². The molecule has 0 bridgehead atoms. The molecular weight excluding hydrogens is 309 g/mol. The van der Waals surface area contributed by atoms with Crippen molar-refractivity contribution in [2.75, 3.05) is 13.1 Å². The van der Waals surface area contributed by atoms with Gasteiger partial charge in [0.05, 0.1) is 5.69 Å². The van der Waals surface area contributed by atoms with Gasteiger partial charge in [-0.2, -0.15) is 18.3 Å². The van der Waals surface area contributed by atoms with Crippen molar-refractivity contribution in [3.05, 3.63) is 47.8 Å². The van der Waals surface area contributed by atoms with E-state index in [1.165, 1.54) is 12.3 Å². The summed E-state index contributed by atoms with van der Waals surface area (Å²) < 4.78 is 38.9. The first-order valence-electron chi connectivity index (χ1n) is 7.18. The zero-order valence-corrected chi connectivity index (χ0v) is 12.1. The van der Waals surface area contributed by atoms with Gasteiger partial charge in [-0.1, -0.05) is 6.07 Å². The number of alkyl halides is 3. The Morgan fingerprint density at radius 2 is 2.17 bits per heavy atom. The number of hydrogen-bond donors (Lipinski definition) is 2. The fourth-order valence-corrected chi connectivity index (χ4v) is 2.46. The highest BCUT2D eigenvalue weighted by atomic mass is 19.4. The Morgan fingerprint density at radius 3 is 2.83 bits per heavy atom. The molecule has 2 aromatic rings. The molecule has 0 saturated carbocycles. The smallest absolute Gasteiger partial charge is 0.348 e. The molecule has 1 aliphatic rings. The molecular formula is C15H15F3N4O. The van der Waals surface area contributed by atoms with E-state index in [4.69, 9.17) is 0 Å². The van der Waals surface area contributed by atoms with E-state index in [1.807, 2.05) is 0 Å². The van der Waals surface area contributed by atoms with Crippen LogP contribution in [0.3, 0.4) is 0 Å². The number of carbonyl (C=O) groups excluding carboxylic acids is 1. The van der Waals surface area contributed by atoms with Crippen molar-refractivity contribution in [3.8, 4) is 5.69 Å². The van der Waals surface area contributed by atoms with Crippen LogP contribution < -0.4 is 10.6 Å². The third-order valence-corrected chi connectivity index (χ3v) is 3.65. The van der Waals surface area contributed by atoms with Crippen LogP contribution in [0.15, 0.2) is 36.5 Å². The van der Waals surface area contributed by atoms with Crippen molar-refractivity contribution in [3.63, 3.8) is 0 Å². The van der Waals surface area contributed by atoms with Gasteiger partial charge in [0.1, 0.15) is 0 Å². The minimum absolute atomic E-state index is 0.0766. The summed E-state index contributed by atoms with van der Waals surface area (Å²) in [4.78, 5) is 12.2. The predicted octanol–water partition coefficient (Wildman–Crippen LogP) is 1.98. The molecule has 0 aliphatic carbocycles. The molecule has 1 unspecified atom stereocenters. The van der Waals surface area contributed by atoms with Crippen LogP contribution in [-0.4, -0.2) is 34.8 Å². The Kier molecular flexibility index (Phi) is 4.08. The van der Waals surface area contributed by atoms with Crippen LogP contribution in [0.4, 0.5) is 13.2 Å². The molecule has 1 atom stereocenters. The van der Waals surface area contributed by atoms with E-state index in [-0.39, 0.29) is 11.9 Å². The number of aromatic nitrogens is 2. The molecule has 1 aromatic heterocycles. The lowest BCUT2D eigenvalue weighted by Crippen LogP contribution is -2.36. The number of hydrogen-bond acceptors (Lipinski definition) is 3. The van der Waals surface area contributed by atoms with Crippen molar-refractivity contribution < 1.29 is 18.0 Å². The zero-order valence-electron chi connectivity index (χ0n) is 12.1. The minimum Gasteiger partial charge on any atom is -0.348 e.